The van der Waals surface area contributed by atoms with Crippen LogP contribution in [0.4, 0.5) is 0 Å². The van der Waals surface area contributed by atoms with Crippen molar-refractivity contribution in [2.24, 2.45) is 5.73 Å². The summed E-state index contributed by atoms with van der Waals surface area (Å²) in [5.41, 5.74) is 6.67. The highest BCUT2D eigenvalue weighted by Gasteiger charge is 2.12. The van der Waals surface area contributed by atoms with Crippen LogP contribution in [-0.2, 0) is 11.3 Å². The molecular formula is C13H21ClN2OS. The molecule has 5 heteroatoms. The third-order valence-electron chi connectivity index (χ3n) is 2.47. The van der Waals surface area contributed by atoms with Crippen LogP contribution >= 0.6 is 24.2 Å². The highest BCUT2D eigenvalue weighted by Crippen LogP contribution is 2.07. The molecule has 0 aliphatic heterocycles. The number of carbonyl (C=O) groups excluding carboxylic acids is 1. The second kappa shape index (κ2) is 10.2. The van der Waals surface area contributed by atoms with E-state index in [4.69, 9.17) is 5.73 Å². The van der Waals surface area contributed by atoms with Crippen molar-refractivity contribution in [3.8, 4) is 0 Å². The summed E-state index contributed by atoms with van der Waals surface area (Å²) in [6, 6.07) is 10.1. The Hall–Kier alpha value is -0.710. The first kappa shape index (κ1) is 17.3. The second-order valence-electron chi connectivity index (χ2n) is 3.88. The maximum Gasteiger partial charge on any atom is 0.232 e. The molecule has 0 aliphatic rings. The number of amides is 1. The summed E-state index contributed by atoms with van der Waals surface area (Å²) in [7, 11) is 0. The first-order valence-electron chi connectivity index (χ1n) is 5.78. The predicted octanol–water partition coefficient (Wildman–Crippen LogP) is 2.15. The van der Waals surface area contributed by atoms with E-state index >= 15 is 0 Å². The Morgan fingerprint density at radius 3 is 2.56 bits per heavy atom. The molecule has 1 amide bonds. The molecule has 0 heterocycles. The van der Waals surface area contributed by atoms with Gasteiger partial charge in [0.2, 0.25) is 5.91 Å². The molecule has 0 saturated carbocycles. The highest BCUT2D eigenvalue weighted by molar-refractivity contribution is 7.99. The van der Waals surface area contributed by atoms with Crippen LogP contribution in [0.25, 0.3) is 0 Å². The third kappa shape index (κ3) is 6.28. The van der Waals surface area contributed by atoms with E-state index in [0.717, 1.165) is 13.0 Å². The molecule has 0 radical (unpaired) electrons. The van der Waals surface area contributed by atoms with Crippen molar-refractivity contribution < 1.29 is 4.79 Å². The van der Waals surface area contributed by atoms with E-state index in [2.05, 4.69) is 0 Å². The Kier molecular flexibility index (Phi) is 9.83. The van der Waals surface area contributed by atoms with Crippen molar-refractivity contribution in [3.05, 3.63) is 35.9 Å². The molecule has 0 unspecified atom stereocenters. The van der Waals surface area contributed by atoms with Gasteiger partial charge in [0.05, 0.1) is 5.75 Å². The summed E-state index contributed by atoms with van der Waals surface area (Å²) < 4.78 is 0. The summed E-state index contributed by atoms with van der Waals surface area (Å²) >= 11 is 1.56. The van der Waals surface area contributed by atoms with E-state index in [1.54, 1.807) is 11.8 Å². The van der Waals surface area contributed by atoms with Gasteiger partial charge in [-0.2, -0.15) is 11.8 Å². The largest absolute Gasteiger partial charge is 0.338 e. The molecule has 0 atom stereocenters. The number of carbonyl (C=O) groups is 1. The lowest BCUT2D eigenvalue weighted by atomic mass is 10.2. The van der Waals surface area contributed by atoms with Gasteiger partial charge in [-0.15, -0.1) is 12.4 Å². The standard InChI is InChI=1S/C13H20N2OS.ClH/c1-17-11-13(16)15(9-5-8-14)10-12-6-3-2-4-7-12;/h2-4,6-7H,5,8-11,14H2,1H3;1H. The number of hydrogen-bond donors (Lipinski definition) is 1. The fraction of sp³-hybridized carbons (Fsp3) is 0.462. The fourth-order valence-corrected chi connectivity index (χ4v) is 2.02. The lowest BCUT2D eigenvalue weighted by Gasteiger charge is -2.22. The summed E-state index contributed by atoms with van der Waals surface area (Å²) in [6.07, 6.45) is 2.80. The first-order chi connectivity index (χ1) is 8.27. The number of thioether (sulfide) groups is 1. The normalized spacial score (nSPS) is 9.67. The summed E-state index contributed by atoms with van der Waals surface area (Å²) in [6.45, 7) is 2.04. The van der Waals surface area contributed by atoms with Crippen LogP contribution in [0.3, 0.4) is 0 Å². The van der Waals surface area contributed by atoms with Crippen LogP contribution in [0.2, 0.25) is 0 Å². The monoisotopic (exact) mass is 288 g/mol. The van der Waals surface area contributed by atoms with Crippen LogP contribution < -0.4 is 5.73 Å². The van der Waals surface area contributed by atoms with Crippen LogP contribution in [0.5, 0.6) is 0 Å². The third-order valence-corrected chi connectivity index (χ3v) is 3.00. The molecule has 0 aliphatic carbocycles. The Bertz CT molecular complexity index is 335. The molecule has 0 spiro atoms. The van der Waals surface area contributed by atoms with Gasteiger partial charge in [0.25, 0.3) is 0 Å². The number of benzene rings is 1. The van der Waals surface area contributed by atoms with Gasteiger partial charge in [0.15, 0.2) is 0 Å². The van der Waals surface area contributed by atoms with Crippen LogP contribution in [0.15, 0.2) is 30.3 Å². The smallest absolute Gasteiger partial charge is 0.232 e. The number of nitrogens with zero attached hydrogens (tertiary/aromatic N) is 1. The maximum atomic E-state index is 11.9. The van der Waals surface area contributed by atoms with Gasteiger partial charge in [0.1, 0.15) is 0 Å². The lowest BCUT2D eigenvalue weighted by molar-refractivity contribution is -0.129. The van der Waals surface area contributed by atoms with E-state index in [1.807, 2.05) is 41.5 Å². The average Bonchev–Trinajstić information content (AvgIpc) is 2.36. The van der Waals surface area contributed by atoms with Crippen molar-refractivity contribution in [1.82, 2.24) is 4.90 Å². The molecular weight excluding hydrogens is 268 g/mol. The van der Waals surface area contributed by atoms with Crippen molar-refractivity contribution in [1.29, 1.82) is 0 Å². The van der Waals surface area contributed by atoms with Crippen LogP contribution in [-0.4, -0.2) is 35.9 Å². The molecule has 0 saturated heterocycles. The van der Waals surface area contributed by atoms with Gasteiger partial charge in [-0.25, -0.2) is 0 Å². The zero-order chi connectivity index (χ0) is 12.5. The van der Waals surface area contributed by atoms with E-state index in [1.165, 1.54) is 5.56 Å². The topological polar surface area (TPSA) is 46.3 Å². The van der Waals surface area contributed by atoms with Gasteiger partial charge >= 0.3 is 0 Å². The van der Waals surface area contributed by atoms with Gasteiger partial charge in [-0.05, 0) is 24.8 Å². The van der Waals surface area contributed by atoms with E-state index in [-0.39, 0.29) is 18.3 Å². The summed E-state index contributed by atoms with van der Waals surface area (Å²) in [5.74, 6) is 0.729. The number of nitrogens with two attached hydrogens (primary N) is 1. The molecule has 1 rings (SSSR count). The highest BCUT2D eigenvalue weighted by atomic mass is 35.5. The number of rotatable bonds is 7. The Labute approximate surface area is 120 Å². The molecule has 0 bridgehead atoms. The first-order valence-corrected chi connectivity index (χ1v) is 7.18. The molecule has 1 aromatic rings. The Morgan fingerprint density at radius 2 is 2.00 bits per heavy atom. The molecule has 1 aromatic carbocycles. The van der Waals surface area contributed by atoms with Crippen LogP contribution in [0, 0.1) is 0 Å². The Balaban J connectivity index is 0.00000289. The van der Waals surface area contributed by atoms with Crippen molar-refractivity contribution in [3.63, 3.8) is 0 Å². The van der Waals surface area contributed by atoms with Gasteiger partial charge in [-0.3, -0.25) is 4.79 Å². The SMILES string of the molecule is CSCC(=O)N(CCCN)Cc1ccccc1.Cl. The number of hydrogen-bond acceptors (Lipinski definition) is 3. The zero-order valence-corrected chi connectivity index (χ0v) is 12.3. The van der Waals surface area contributed by atoms with Gasteiger partial charge in [0, 0.05) is 13.1 Å². The molecule has 0 fully saturated rings. The Morgan fingerprint density at radius 1 is 1.33 bits per heavy atom. The van der Waals surface area contributed by atoms with E-state index < -0.39 is 0 Å². The molecule has 2 N–H and O–H groups in total. The van der Waals surface area contributed by atoms with Gasteiger partial charge < -0.3 is 10.6 Å². The van der Waals surface area contributed by atoms with Crippen molar-refractivity contribution in [2.75, 3.05) is 25.1 Å². The average molecular weight is 289 g/mol. The summed E-state index contributed by atoms with van der Waals surface area (Å²) in [4.78, 5) is 13.8. The number of halogens is 1. The van der Waals surface area contributed by atoms with Crippen LogP contribution in [0.1, 0.15) is 12.0 Å². The zero-order valence-electron chi connectivity index (χ0n) is 10.7. The lowest BCUT2D eigenvalue weighted by Crippen LogP contribution is -2.33. The van der Waals surface area contributed by atoms with Crippen molar-refractivity contribution >= 4 is 30.1 Å². The summed E-state index contributed by atoms with van der Waals surface area (Å²) in [5, 5.41) is 0. The van der Waals surface area contributed by atoms with Crippen molar-refractivity contribution in [2.45, 2.75) is 13.0 Å². The van der Waals surface area contributed by atoms with Gasteiger partial charge in [-0.1, -0.05) is 30.3 Å². The predicted molar refractivity (Wildman–Crippen MR) is 81.2 cm³/mol. The minimum Gasteiger partial charge on any atom is -0.338 e. The molecule has 18 heavy (non-hydrogen) atoms. The molecule has 3 nitrogen and oxygen atoms in total. The second-order valence-corrected chi connectivity index (χ2v) is 4.74. The molecule has 0 aromatic heterocycles. The minimum atomic E-state index is 0. The van der Waals surface area contributed by atoms with E-state index in [0.29, 0.717) is 18.8 Å². The van der Waals surface area contributed by atoms with E-state index in [9.17, 15) is 4.79 Å². The quantitative estimate of drug-likeness (QED) is 0.836. The maximum absolute atomic E-state index is 11.9. The minimum absolute atomic E-state index is 0. The fourth-order valence-electron chi connectivity index (χ4n) is 1.59. The molecule has 102 valence electrons.